The van der Waals surface area contributed by atoms with E-state index in [1.807, 2.05) is 6.07 Å². The smallest absolute Gasteiger partial charge is 0.269 e. The standard InChI is InChI=1S/C17H20N4O3/c1-2-14(22)10-4-6-21(24)9-11(7-10)13-8-20-16(17(18)23)15-12(13)3-5-19-15/h2-3,5,8,10-11,19,24H,1,4,6-7,9H2,(H2,18,23)/t10-,11-/m0/s1. The van der Waals surface area contributed by atoms with Crippen LogP contribution in [0.2, 0.25) is 0 Å². The van der Waals surface area contributed by atoms with Gasteiger partial charge in [-0.15, -0.1) is 0 Å². The highest BCUT2D eigenvalue weighted by Gasteiger charge is 2.29. The van der Waals surface area contributed by atoms with E-state index in [1.54, 1.807) is 12.4 Å². The van der Waals surface area contributed by atoms with E-state index in [0.29, 0.717) is 31.4 Å². The minimum Gasteiger partial charge on any atom is -0.364 e. The van der Waals surface area contributed by atoms with Crippen molar-refractivity contribution in [3.8, 4) is 0 Å². The van der Waals surface area contributed by atoms with E-state index in [0.717, 1.165) is 10.9 Å². The summed E-state index contributed by atoms with van der Waals surface area (Å²) in [5, 5.41) is 12.1. The molecular formula is C17H20N4O3. The Bertz CT molecular complexity index is 798. The quantitative estimate of drug-likeness (QED) is 0.738. The first-order valence-electron chi connectivity index (χ1n) is 7.87. The van der Waals surface area contributed by atoms with Gasteiger partial charge in [-0.25, -0.2) is 4.98 Å². The van der Waals surface area contributed by atoms with Gasteiger partial charge in [-0.05, 0) is 30.5 Å². The largest absolute Gasteiger partial charge is 0.364 e. The average molecular weight is 328 g/mol. The number of hydrogen-bond donors (Lipinski definition) is 3. The van der Waals surface area contributed by atoms with Crippen molar-refractivity contribution in [2.75, 3.05) is 13.1 Å². The lowest BCUT2D eigenvalue weighted by Crippen LogP contribution is -2.24. The summed E-state index contributed by atoms with van der Waals surface area (Å²) in [5.41, 5.74) is 7.03. The minimum absolute atomic E-state index is 0.0117. The summed E-state index contributed by atoms with van der Waals surface area (Å²) in [6.45, 7) is 4.40. The molecule has 1 saturated heterocycles. The third kappa shape index (κ3) is 2.95. The lowest BCUT2D eigenvalue weighted by atomic mass is 9.85. The lowest BCUT2D eigenvalue weighted by Gasteiger charge is -2.21. The molecule has 0 unspecified atom stereocenters. The maximum absolute atomic E-state index is 12.1. The normalized spacial score (nSPS) is 22.2. The maximum Gasteiger partial charge on any atom is 0.269 e. The SMILES string of the molecule is C=CC(=O)[C@H]1CCN(O)C[C@@H](c2cnc(C(N)=O)c3[nH]ccc23)C1. The Hall–Kier alpha value is -2.51. The molecule has 7 nitrogen and oxygen atoms in total. The lowest BCUT2D eigenvalue weighted by molar-refractivity contribution is -0.119. The van der Waals surface area contributed by atoms with Gasteiger partial charge in [0.2, 0.25) is 0 Å². The number of amides is 1. The summed E-state index contributed by atoms with van der Waals surface area (Å²) < 4.78 is 0. The van der Waals surface area contributed by atoms with Crippen molar-refractivity contribution in [1.82, 2.24) is 15.0 Å². The van der Waals surface area contributed by atoms with Gasteiger partial charge in [0.25, 0.3) is 5.91 Å². The van der Waals surface area contributed by atoms with Crippen LogP contribution in [-0.2, 0) is 4.79 Å². The number of aromatic amines is 1. The van der Waals surface area contributed by atoms with Gasteiger partial charge in [0.15, 0.2) is 11.5 Å². The third-order valence-corrected chi connectivity index (χ3v) is 4.64. The number of nitrogens with two attached hydrogens (primary N) is 1. The Morgan fingerprint density at radius 3 is 3.00 bits per heavy atom. The van der Waals surface area contributed by atoms with Gasteiger partial charge in [0.1, 0.15) is 0 Å². The zero-order chi connectivity index (χ0) is 17.3. The summed E-state index contributed by atoms with van der Waals surface area (Å²) >= 11 is 0. The second-order valence-electron chi connectivity index (χ2n) is 6.13. The second-order valence-corrected chi connectivity index (χ2v) is 6.13. The Labute approximate surface area is 139 Å². The molecule has 1 aliphatic heterocycles. The molecule has 2 aromatic rings. The highest BCUT2D eigenvalue weighted by molar-refractivity contribution is 6.03. The van der Waals surface area contributed by atoms with Crippen LogP contribution >= 0.6 is 0 Å². The van der Waals surface area contributed by atoms with Gasteiger partial charge in [0, 0.05) is 42.7 Å². The summed E-state index contributed by atoms with van der Waals surface area (Å²) in [6, 6.07) is 1.86. The molecule has 0 radical (unpaired) electrons. The van der Waals surface area contributed by atoms with E-state index in [9.17, 15) is 14.8 Å². The van der Waals surface area contributed by atoms with Crippen LogP contribution in [-0.4, -0.2) is 45.0 Å². The first-order chi connectivity index (χ1) is 11.5. The van der Waals surface area contributed by atoms with Crippen molar-refractivity contribution in [1.29, 1.82) is 0 Å². The number of primary amides is 1. The summed E-state index contributed by atoms with van der Waals surface area (Å²) in [6.07, 6.45) is 5.87. The first-order valence-corrected chi connectivity index (χ1v) is 7.87. The number of ketones is 1. The number of carbonyl (C=O) groups is 2. The molecular weight excluding hydrogens is 308 g/mol. The van der Waals surface area contributed by atoms with Crippen LogP contribution in [0.4, 0.5) is 0 Å². The molecule has 1 fully saturated rings. The number of pyridine rings is 1. The van der Waals surface area contributed by atoms with E-state index in [4.69, 9.17) is 5.73 Å². The fraction of sp³-hybridized carbons (Fsp3) is 0.353. The number of fused-ring (bicyclic) bond motifs is 1. The predicted octanol–water partition coefficient (Wildman–Crippen LogP) is 1.60. The van der Waals surface area contributed by atoms with Crippen LogP contribution in [0.1, 0.15) is 34.8 Å². The number of hydroxylamine groups is 2. The van der Waals surface area contributed by atoms with E-state index in [2.05, 4.69) is 16.5 Å². The first kappa shape index (κ1) is 16.4. The number of hydrogen-bond acceptors (Lipinski definition) is 5. The molecule has 0 aromatic carbocycles. The topological polar surface area (TPSA) is 112 Å². The summed E-state index contributed by atoms with van der Waals surface area (Å²) in [5.74, 6) is -0.880. The third-order valence-electron chi connectivity index (χ3n) is 4.64. The molecule has 0 aliphatic carbocycles. The molecule has 2 atom stereocenters. The number of allylic oxidation sites excluding steroid dienone is 1. The zero-order valence-electron chi connectivity index (χ0n) is 13.2. The van der Waals surface area contributed by atoms with Crippen LogP contribution in [0.25, 0.3) is 10.9 Å². The van der Waals surface area contributed by atoms with Gasteiger partial charge >= 0.3 is 0 Å². The Morgan fingerprint density at radius 2 is 2.29 bits per heavy atom. The molecule has 3 heterocycles. The number of nitrogens with zero attached hydrogens (tertiary/aromatic N) is 2. The number of carbonyl (C=O) groups excluding carboxylic acids is 2. The van der Waals surface area contributed by atoms with Crippen molar-refractivity contribution >= 4 is 22.6 Å². The molecule has 3 rings (SSSR count). The van der Waals surface area contributed by atoms with Crippen LogP contribution < -0.4 is 5.73 Å². The molecule has 1 aliphatic rings. The molecule has 4 N–H and O–H groups in total. The summed E-state index contributed by atoms with van der Waals surface area (Å²) in [4.78, 5) is 30.8. The molecule has 0 bridgehead atoms. The van der Waals surface area contributed by atoms with Crippen LogP contribution in [0.15, 0.2) is 31.1 Å². The van der Waals surface area contributed by atoms with Gasteiger partial charge in [-0.1, -0.05) is 6.58 Å². The van der Waals surface area contributed by atoms with Crippen LogP contribution in [0.5, 0.6) is 0 Å². The second kappa shape index (κ2) is 6.54. The zero-order valence-corrected chi connectivity index (χ0v) is 13.2. The molecule has 126 valence electrons. The predicted molar refractivity (Wildman–Crippen MR) is 88.6 cm³/mol. The Morgan fingerprint density at radius 1 is 1.50 bits per heavy atom. The van der Waals surface area contributed by atoms with Crippen LogP contribution in [0, 0.1) is 5.92 Å². The monoisotopic (exact) mass is 328 g/mol. The number of rotatable bonds is 4. The molecule has 0 saturated carbocycles. The molecule has 2 aromatic heterocycles. The van der Waals surface area contributed by atoms with Crippen molar-refractivity contribution < 1.29 is 14.8 Å². The van der Waals surface area contributed by atoms with E-state index in [-0.39, 0.29) is 23.3 Å². The molecule has 1 amide bonds. The molecule has 24 heavy (non-hydrogen) atoms. The van der Waals surface area contributed by atoms with E-state index < -0.39 is 5.91 Å². The highest BCUT2D eigenvalue weighted by atomic mass is 16.5. The van der Waals surface area contributed by atoms with Gasteiger partial charge < -0.3 is 15.9 Å². The van der Waals surface area contributed by atoms with Gasteiger partial charge in [-0.3, -0.25) is 9.59 Å². The van der Waals surface area contributed by atoms with E-state index >= 15 is 0 Å². The number of H-pyrrole nitrogens is 1. The Kier molecular flexibility index (Phi) is 4.46. The number of aromatic nitrogens is 2. The molecule has 7 heteroatoms. The Balaban J connectivity index is 2.03. The highest BCUT2D eigenvalue weighted by Crippen LogP contribution is 2.34. The average Bonchev–Trinajstić information content (AvgIpc) is 2.97. The van der Waals surface area contributed by atoms with Crippen molar-refractivity contribution in [3.63, 3.8) is 0 Å². The number of nitrogens with one attached hydrogen (secondary N) is 1. The fourth-order valence-electron chi connectivity index (χ4n) is 3.42. The fourth-order valence-corrected chi connectivity index (χ4v) is 3.42. The summed E-state index contributed by atoms with van der Waals surface area (Å²) in [7, 11) is 0. The van der Waals surface area contributed by atoms with Crippen molar-refractivity contribution in [3.05, 3.63) is 42.4 Å². The minimum atomic E-state index is -0.599. The van der Waals surface area contributed by atoms with Crippen molar-refractivity contribution in [2.45, 2.75) is 18.8 Å². The van der Waals surface area contributed by atoms with Gasteiger partial charge in [0.05, 0.1) is 5.52 Å². The van der Waals surface area contributed by atoms with E-state index in [1.165, 1.54) is 11.1 Å². The molecule has 0 spiro atoms. The van der Waals surface area contributed by atoms with Crippen LogP contribution in [0.3, 0.4) is 0 Å². The maximum atomic E-state index is 12.1. The van der Waals surface area contributed by atoms with Crippen molar-refractivity contribution in [2.24, 2.45) is 11.7 Å². The van der Waals surface area contributed by atoms with Gasteiger partial charge in [-0.2, -0.15) is 5.06 Å².